The molecular formula is C15H18Cl2N4. The van der Waals surface area contributed by atoms with Crippen molar-refractivity contribution in [2.45, 2.75) is 26.7 Å². The molecule has 0 spiro atoms. The van der Waals surface area contributed by atoms with Gasteiger partial charge in [0.25, 0.3) is 0 Å². The molecule has 2 aromatic rings. The molecule has 1 aromatic heterocycles. The fourth-order valence-electron chi connectivity index (χ4n) is 1.79. The average Bonchev–Trinajstić information content (AvgIpc) is 2.48. The van der Waals surface area contributed by atoms with Crippen molar-refractivity contribution in [2.75, 3.05) is 17.2 Å². The van der Waals surface area contributed by atoms with E-state index in [9.17, 15) is 0 Å². The van der Waals surface area contributed by atoms with Gasteiger partial charge in [0.2, 0.25) is 0 Å². The smallest absolute Gasteiger partial charge is 0.136 e. The minimum atomic E-state index is 0.596. The Kier molecular flexibility index (Phi) is 5.65. The minimum absolute atomic E-state index is 0.596. The second kappa shape index (κ2) is 7.48. The molecule has 0 aliphatic heterocycles. The zero-order chi connectivity index (χ0) is 15.2. The van der Waals surface area contributed by atoms with Gasteiger partial charge in [-0.3, -0.25) is 0 Å². The maximum atomic E-state index is 6.16. The highest BCUT2D eigenvalue weighted by Crippen LogP contribution is 2.28. The van der Waals surface area contributed by atoms with E-state index in [0.29, 0.717) is 15.9 Å². The molecule has 0 saturated heterocycles. The predicted molar refractivity (Wildman–Crippen MR) is 89.9 cm³/mol. The van der Waals surface area contributed by atoms with Gasteiger partial charge < -0.3 is 10.6 Å². The van der Waals surface area contributed by atoms with Gasteiger partial charge in [-0.2, -0.15) is 0 Å². The maximum Gasteiger partial charge on any atom is 0.136 e. The number of anilines is 3. The van der Waals surface area contributed by atoms with Crippen LogP contribution >= 0.6 is 23.2 Å². The Labute approximate surface area is 134 Å². The maximum absolute atomic E-state index is 6.16. The van der Waals surface area contributed by atoms with Crippen molar-refractivity contribution in [2.24, 2.45) is 0 Å². The van der Waals surface area contributed by atoms with Crippen molar-refractivity contribution in [3.63, 3.8) is 0 Å². The van der Waals surface area contributed by atoms with Gasteiger partial charge in [0.1, 0.15) is 17.5 Å². The van der Waals surface area contributed by atoms with E-state index in [1.165, 1.54) is 0 Å². The summed E-state index contributed by atoms with van der Waals surface area (Å²) >= 11 is 12.2. The number of aromatic nitrogens is 2. The highest BCUT2D eigenvalue weighted by atomic mass is 35.5. The molecule has 4 nitrogen and oxygen atoms in total. The van der Waals surface area contributed by atoms with Gasteiger partial charge in [-0.05, 0) is 24.6 Å². The molecule has 0 unspecified atom stereocenters. The molecule has 0 saturated carbocycles. The zero-order valence-electron chi connectivity index (χ0n) is 12.1. The molecule has 0 atom stereocenters. The van der Waals surface area contributed by atoms with E-state index in [-0.39, 0.29) is 0 Å². The first-order valence-corrected chi connectivity index (χ1v) is 7.72. The zero-order valence-corrected chi connectivity index (χ0v) is 13.6. The van der Waals surface area contributed by atoms with Gasteiger partial charge in [-0.15, -0.1) is 0 Å². The number of halogens is 2. The Morgan fingerprint density at radius 1 is 1.05 bits per heavy atom. The van der Waals surface area contributed by atoms with Crippen molar-refractivity contribution >= 4 is 40.5 Å². The van der Waals surface area contributed by atoms with Crippen LogP contribution in [0.15, 0.2) is 24.3 Å². The molecule has 2 rings (SSSR count). The van der Waals surface area contributed by atoms with E-state index < -0.39 is 0 Å². The van der Waals surface area contributed by atoms with Gasteiger partial charge in [0.05, 0.1) is 10.7 Å². The number of benzene rings is 1. The number of rotatable bonds is 6. The van der Waals surface area contributed by atoms with Crippen LogP contribution in [0, 0.1) is 0 Å². The van der Waals surface area contributed by atoms with Crippen molar-refractivity contribution in [3.05, 3.63) is 40.1 Å². The third kappa shape index (κ3) is 4.48. The summed E-state index contributed by atoms with van der Waals surface area (Å²) in [6, 6.07) is 7.15. The number of hydrogen-bond acceptors (Lipinski definition) is 4. The Morgan fingerprint density at radius 3 is 2.52 bits per heavy atom. The lowest BCUT2D eigenvalue weighted by Crippen LogP contribution is -2.07. The van der Waals surface area contributed by atoms with Crippen LogP contribution in [-0.4, -0.2) is 16.5 Å². The second-order valence-electron chi connectivity index (χ2n) is 4.58. The summed E-state index contributed by atoms with van der Waals surface area (Å²) in [7, 11) is 0. The third-order valence-corrected chi connectivity index (χ3v) is 3.40. The molecule has 1 aromatic carbocycles. The molecule has 0 bridgehead atoms. The predicted octanol–water partition coefficient (Wildman–Crippen LogP) is 4.91. The van der Waals surface area contributed by atoms with E-state index in [1.807, 2.05) is 13.0 Å². The van der Waals surface area contributed by atoms with Gasteiger partial charge in [0.15, 0.2) is 0 Å². The fraction of sp³-hybridized carbons (Fsp3) is 0.333. The van der Waals surface area contributed by atoms with E-state index >= 15 is 0 Å². The Balaban J connectivity index is 2.27. The quantitative estimate of drug-likeness (QED) is 0.792. The van der Waals surface area contributed by atoms with Crippen LogP contribution in [0.2, 0.25) is 10.0 Å². The highest BCUT2D eigenvalue weighted by molar-refractivity contribution is 6.35. The minimum Gasteiger partial charge on any atom is -0.370 e. The van der Waals surface area contributed by atoms with Crippen molar-refractivity contribution in [1.29, 1.82) is 0 Å². The lowest BCUT2D eigenvalue weighted by molar-refractivity contribution is 0.919. The largest absolute Gasteiger partial charge is 0.370 e. The number of nitrogens with one attached hydrogen (secondary N) is 2. The molecule has 0 radical (unpaired) electrons. The summed E-state index contributed by atoms with van der Waals surface area (Å²) in [5.41, 5.74) is 0.728. The van der Waals surface area contributed by atoms with E-state index in [4.69, 9.17) is 23.2 Å². The summed E-state index contributed by atoms with van der Waals surface area (Å²) in [5, 5.41) is 7.69. The molecule has 2 N–H and O–H groups in total. The van der Waals surface area contributed by atoms with Crippen LogP contribution in [0.25, 0.3) is 0 Å². The fourth-order valence-corrected chi connectivity index (χ4v) is 2.13. The van der Waals surface area contributed by atoms with Crippen LogP contribution in [0.1, 0.15) is 26.1 Å². The van der Waals surface area contributed by atoms with E-state index in [2.05, 4.69) is 27.5 Å². The molecule has 21 heavy (non-hydrogen) atoms. The molecule has 0 aliphatic rings. The van der Waals surface area contributed by atoms with E-state index in [1.54, 1.807) is 18.2 Å². The Hall–Kier alpha value is -1.52. The monoisotopic (exact) mass is 324 g/mol. The molecule has 1 heterocycles. The van der Waals surface area contributed by atoms with Crippen LogP contribution < -0.4 is 10.6 Å². The van der Waals surface area contributed by atoms with Crippen molar-refractivity contribution < 1.29 is 0 Å². The molecule has 0 aliphatic carbocycles. The highest BCUT2D eigenvalue weighted by Gasteiger charge is 2.06. The summed E-state index contributed by atoms with van der Waals surface area (Å²) in [4.78, 5) is 8.91. The molecule has 0 fully saturated rings. The molecule has 0 amide bonds. The van der Waals surface area contributed by atoms with Gasteiger partial charge in [-0.25, -0.2) is 9.97 Å². The summed E-state index contributed by atoms with van der Waals surface area (Å²) < 4.78 is 0. The Bertz CT molecular complexity index is 617. The first-order chi connectivity index (χ1) is 10.1. The first-order valence-electron chi connectivity index (χ1n) is 6.96. The van der Waals surface area contributed by atoms with Crippen LogP contribution in [0.4, 0.5) is 17.3 Å². The number of aryl methyl sites for hydroxylation is 1. The third-order valence-electron chi connectivity index (χ3n) is 2.84. The lowest BCUT2D eigenvalue weighted by Gasteiger charge is -2.11. The van der Waals surface area contributed by atoms with Gasteiger partial charge in [0, 0.05) is 24.1 Å². The molecule has 112 valence electrons. The summed E-state index contributed by atoms with van der Waals surface area (Å²) in [5.74, 6) is 2.28. The van der Waals surface area contributed by atoms with Crippen LogP contribution in [0.5, 0.6) is 0 Å². The topological polar surface area (TPSA) is 49.8 Å². The normalized spacial score (nSPS) is 10.5. The number of nitrogens with zero attached hydrogens (tertiary/aromatic N) is 2. The van der Waals surface area contributed by atoms with Crippen LogP contribution in [-0.2, 0) is 6.42 Å². The van der Waals surface area contributed by atoms with E-state index in [0.717, 1.165) is 36.7 Å². The standard InChI is InChI=1S/C15H18Cl2N4/c1-3-7-18-14-9-15(21-13(4-2)20-14)19-12-8-10(16)5-6-11(12)17/h5-6,8-9H,3-4,7H2,1-2H3,(H2,18,19,20,21). The molecular weight excluding hydrogens is 307 g/mol. The summed E-state index contributed by atoms with van der Waals surface area (Å²) in [6.45, 7) is 5.01. The second-order valence-corrected chi connectivity index (χ2v) is 5.43. The van der Waals surface area contributed by atoms with Gasteiger partial charge in [-0.1, -0.05) is 37.0 Å². The van der Waals surface area contributed by atoms with Gasteiger partial charge >= 0.3 is 0 Å². The van der Waals surface area contributed by atoms with Crippen molar-refractivity contribution in [3.8, 4) is 0 Å². The molecule has 6 heteroatoms. The first kappa shape index (κ1) is 15.9. The summed E-state index contributed by atoms with van der Waals surface area (Å²) in [6.07, 6.45) is 1.80. The van der Waals surface area contributed by atoms with Crippen molar-refractivity contribution in [1.82, 2.24) is 9.97 Å². The van der Waals surface area contributed by atoms with Crippen LogP contribution in [0.3, 0.4) is 0 Å². The average molecular weight is 325 g/mol. The SMILES string of the molecule is CCCNc1cc(Nc2cc(Cl)ccc2Cl)nc(CC)n1. The Morgan fingerprint density at radius 2 is 1.81 bits per heavy atom. The lowest BCUT2D eigenvalue weighted by atomic mass is 10.3. The number of hydrogen-bond donors (Lipinski definition) is 2.